The minimum absolute atomic E-state index is 0.00113. The maximum absolute atomic E-state index is 12.9. The molecule has 27 heavy (non-hydrogen) atoms. The van der Waals surface area contributed by atoms with Crippen molar-refractivity contribution in [3.63, 3.8) is 0 Å². The number of fused-ring (bicyclic) bond motifs is 1. The van der Waals surface area contributed by atoms with Crippen LogP contribution in [0.2, 0.25) is 0 Å². The lowest BCUT2D eigenvalue weighted by atomic mass is 10.0. The zero-order chi connectivity index (χ0) is 19.1. The topological polar surface area (TPSA) is 87.9 Å². The maximum Gasteiger partial charge on any atom is 0.322 e. The fraction of sp³-hybridized carbons (Fsp3) is 0.421. The van der Waals surface area contributed by atoms with Gasteiger partial charge in [0.2, 0.25) is 0 Å². The minimum Gasteiger partial charge on any atom is -0.481 e. The maximum atomic E-state index is 12.9. The van der Waals surface area contributed by atoms with Crippen LogP contribution in [0, 0.1) is 13.8 Å². The van der Waals surface area contributed by atoms with Crippen LogP contribution in [0.25, 0.3) is 0 Å². The predicted molar refractivity (Wildman–Crippen MR) is 99.0 cm³/mol. The molecule has 1 saturated heterocycles. The van der Waals surface area contributed by atoms with Gasteiger partial charge in [0.1, 0.15) is 11.5 Å². The monoisotopic (exact) mass is 370 g/mol. The third-order valence-electron chi connectivity index (χ3n) is 5.23. The molecule has 2 aliphatic heterocycles. The Hall–Kier alpha value is -3.03. The molecule has 142 valence electrons. The van der Waals surface area contributed by atoms with Crippen LogP contribution in [-0.4, -0.2) is 42.2 Å². The Morgan fingerprint density at radius 3 is 2.89 bits per heavy atom. The summed E-state index contributed by atoms with van der Waals surface area (Å²) in [6, 6.07) is 5.09. The third-order valence-corrected chi connectivity index (χ3v) is 5.23. The smallest absolute Gasteiger partial charge is 0.322 e. The van der Waals surface area contributed by atoms with E-state index in [-0.39, 0.29) is 24.6 Å². The quantitative estimate of drug-likeness (QED) is 0.878. The van der Waals surface area contributed by atoms with Gasteiger partial charge < -0.3 is 24.4 Å². The van der Waals surface area contributed by atoms with E-state index in [1.165, 1.54) is 0 Å². The van der Waals surface area contributed by atoms with Crippen molar-refractivity contribution in [2.45, 2.75) is 32.7 Å². The molecule has 2 aromatic rings. The van der Waals surface area contributed by atoms with E-state index in [1.807, 2.05) is 18.7 Å². The number of ether oxygens (including phenoxy) is 1. The summed E-state index contributed by atoms with van der Waals surface area (Å²) >= 11 is 0. The summed E-state index contributed by atoms with van der Waals surface area (Å²) in [5.74, 6) is 1.24. The van der Waals surface area contributed by atoms with E-state index in [0.29, 0.717) is 23.7 Å². The molecule has 1 aromatic carbocycles. The number of anilines is 2. The van der Waals surface area contributed by atoms with E-state index in [4.69, 9.17) is 9.26 Å². The van der Waals surface area contributed by atoms with Gasteiger partial charge in [0.05, 0.1) is 17.4 Å². The molecular formula is C19H22N4O4. The molecule has 0 bridgehead atoms. The molecular weight excluding hydrogens is 348 g/mol. The lowest BCUT2D eigenvalue weighted by molar-refractivity contribution is -0.120. The Kier molecular flexibility index (Phi) is 4.25. The zero-order valence-corrected chi connectivity index (χ0v) is 15.6. The standard InChI is InChI=1S/C19H22N4O4/c1-11-18(12(2)27-21-11)15-5-4-8-23(15)19(25)20-13-6-7-14-16(9-13)26-10-17(24)22(14)3/h6-7,9,15H,4-5,8,10H2,1-3H3,(H,20,25)/t15-/m0/s1. The van der Waals surface area contributed by atoms with Gasteiger partial charge in [0.25, 0.3) is 5.91 Å². The Morgan fingerprint density at radius 2 is 2.15 bits per heavy atom. The van der Waals surface area contributed by atoms with Crippen LogP contribution < -0.4 is 15.0 Å². The van der Waals surface area contributed by atoms with Gasteiger partial charge in [-0.3, -0.25) is 4.79 Å². The number of aromatic nitrogens is 1. The first-order valence-corrected chi connectivity index (χ1v) is 8.99. The number of hydrogen-bond acceptors (Lipinski definition) is 5. The molecule has 3 heterocycles. The molecule has 1 aromatic heterocycles. The Morgan fingerprint density at radius 1 is 1.33 bits per heavy atom. The van der Waals surface area contributed by atoms with Crippen molar-refractivity contribution in [2.24, 2.45) is 0 Å². The molecule has 1 N–H and O–H groups in total. The summed E-state index contributed by atoms with van der Waals surface area (Å²) in [5, 5.41) is 6.96. The Labute approximate surface area is 157 Å². The van der Waals surface area contributed by atoms with Crippen molar-refractivity contribution in [3.8, 4) is 5.75 Å². The van der Waals surface area contributed by atoms with Crippen LogP contribution in [0.3, 0.4) is 0 Å². The zero-order valence-electron chi connectivity index (χ0n) is 15.6. The van der Waals surface area contributed by atoms with E-state index in [1.54, 1.807) is 30.1 Å². The molecule has 0 radical (unpaired) electrons. The van der Waals surface area contributed by atoms with Gasteiger partial charge in [-0.05, 0) is 38.8 Å². The molecule has 1 atom stereocenters. The van der Waals surface area contributed by atoms with Crippen molar-refractivity contribution in [1.29, 1.82) is 0 Å². The summed E-state index contributed by atoms with van der Waals surface area (Å²) in [6.07, 6.45) is 1.82. The van der Waals surface area contributed by atoms with Crippen LogP contribution in [0.15, 0.2) is 22.7 Å². The normalized spacial score (nSPS) is 19.1. The molecule has 8 nitrogen and oxygen atoms in total. The number of nitrogens with zero attached hydrogens (tertiary/aromatic N) is 3. The van der Waals surface area contributed by atoms with E-state index < -0.39 is 0 Å². The average Bonchev–Trinajstić information content (AvgIpc) is 3.24. The molecule has 0 unspecified atom stereocenters. The average molecular weight is 370 g/mol. The first-order valence-electron chi connectivity index (χ1n) is 8.99. The second-order valence-corrected chi connectivity index (χ2v) is 6.94. The van der Waals surface area contributed by atoms with Crippen LogP contribution in [0.5, 0.6) is 5.75 Å². The van der Waals surface area contributed by atoms with Crippen molar-refractivity contribution in [1.82, 2.24) is 10.1 Å². The van der Waals surface area contributed by atoms with E-state index >= 15 is 0 Å². The third kappa shape index (κ3) is 3.01. The van der Waals surface area contributed by atoms with Crippen LogP contribution in [0.4, 0.5) is 16.2 Å². The SMILES string of the molecule is Cc1noc(C)c1[C@@H]1CCCN1C(=O)Nc1ccc2c(c1)OCC(=O)N2C. The highest BCUT2D eigenvalue weighted by Gasteiger charge is 2.34. The molecule has 8 heteroatoms. The van der Waals surface area contributed by atoms with Gasteiger partial charge in [0.15, 0.2) is 6.61 Å². The van der Waals surface area contributed by atoms with Crippen LogP contribution in [0.1, 0.15) is 35.9 Å². The summed E-state index contributed by atoms with van der Waals surface area (Å²) in [4.78, 5) is 28.0. The highest BCUT2D eigenvalue weighted by atomic mass is 16.5. The van der Waals surface area contributed by atoms with Crippen molar-refractivity contribution in [3.05, 3.63) is 35.2 Å². The highest BCUT2D eigenvalue weighted by molar-refractivity contribution is 5.98. The lowest BCUT2D eigenvalue weighted by Gasteiger charge is -2.27. The first-order chi connectivity index (χ1) is 13.0. The molecule has 2 aliphatic rings. The second-order valence-electron chi connectivity index (χ2n) is 6.94. The van der Waals surface area contributed by atoms with Crippen LogP contribution >= 0.6 is 0 Å². The number of rotatable bonds is 2. The largest absolute Gasteiger partial charge is 0.481 e. The molecule has 0 spiro atoms. The number of carbonyl (C=O) groups is 2. The summed E-state index contributed by atoms with van der Waals surface area (Å²) < 4.78 is 10.8. The summed E-state index contributed by atoms with van der Waals surface area (Å²) in [5.41, 5.74) is 3.15. The highest BCUT2D eigenvalue weighted by Crippen LogP contribution is 2.37. The summed E-state index contributed by atoms with van der Waals surface area (Å²) in [7, 11) is 1.71. The van der Waals surface area contributed by atoms with Gasteiger partial charge in [-0.2, -0.15) is 0 Å². The number of likely N-dealkylation sites (tertiary alicyclic amines) is 1. The van der Waals surface area contributed by atoms with Gasteiger partial charge in [-0.1, -0.05) is 5.16 Å². The van der Waals surface area contributed by atoms with Crippen LogP contribution in [-0.2, 0) is 4.79 Å². The van der Waals surface area contributed by atoms with Crippen molar-refractivity contribution in [2.75, 3.05) is 30.4 Å². The summed E-state index contributed by atoms with van der Waals surface area (Å²) in [6.45, 7) is 4.46. The number of hydrogen-bond donors (Lipinski definition) is 1. The fourth-order valence-corrected chi connectivity index (χ4v) is 3.83. The van der Waals surface area contributed by atoms with Gasteiger partial charge >= 0.3 is 6.03 Å². The van der Waals surface area contributed by atoms with Gasteiger partial charge in [0, 0.05) is 30.9 Å². The number of aryl methyl sites for hydroxylation is 2. The molecule has 1 fully saturated rings. The van der Waals surface area contributed by atoms with Crippen molar-refractivity contribution < 1.29 is 18.8 Å². The number of amides is 3. The van der Waals surface area contributed by atoms with Crippen molar-refractivity contribution >= 4 is 23.3 Å². The molecule has 4 rings (SSSR count). The number of carbonyl (C=O) groups excluding carboxylic acids is 2. The number of nitrogens with one attached hydrogen (secondary N) is 1. The van der Waals surface area contributed by atoms with Gasteiger partial charge in [-0.15, -0.1) is 0 Å². The van der Waals surface area contributed by atoms with E-state index in [9.17, 15) is 9.59 Å². The van der Waals surface area contributed by atoms with Gasteiger partial charge in [-0.25, -0.2) is 4.79 Å². The molecule has 0 aliphatic carbocycles. The first kappa shape index (κ1) is 17.4. The number of likely N-dealkylation sites (N-methyl/N-ethyl adjacent to an activating group) is 1. The second kappa shape index (κ2) is 6.61. The predicted octanol–water partition coefficient (Wildman–Crippen LogP) is 3.02. The molecule has 0 saturated carbocycles. The number of benzene rings is 1. The lowest BCUT2D eigenvalue weighted by Crippen LogP contribution is -2.36. The van der Waals surface area contributed by atoms with E-state index in [0.717, 1.165) is 29.9 Å². The fourth-order valence-electron chi connectivity index (χ4n) is 3.83. The van der Waals surface area contributed by atoms with E-state index in [2.05, 4.69) is 10.5 Å². The Bertz CT molecular complexity index is 888. The minimum atomic E-state index is -0.169. The molecule has 3 amide bonds. The Balaban J connectivity index is 1.53. The number of urea groups is 1.